The average Bonchev–Trinajstić information content (AvgIpc) is 2.71. The van der Waals surface area contributed by atoms with E-state index in [-0.39, 0.29) is 94.5 Å². The van der Waals surface area contributed by atoms with Gasteiger partial charge in [-0.2, -0.15) is 4.98 Å². The van der Waals surface area contributed by atoms with Crippen LogP contribution in [0.3, 0.4) is 0 Å². The summed E-state index contributed by atoms with van der Waals surface area (Å²) >= 11 is 0. The Bertz CT molecular complexity index is 792. The molecule has 0 aromatic carbocycles. The molecule has 1 aromatic heterocycles. The van der Waals surface area contributed by atoms with Gasteiger partial charge in [0.05, 0.1) is 14.4 Å². The van der Waals surface area contributed by atoms with Crippen molar-refractivity contribution in [3.63, 3.8) is 0 Å². The second-order valence-corrected chi connectivity index (χ2v) is 7.56. The third-order valence-electron chi connectivity index (χ3n) is 3.06. The number of nitrogen functional groups attached to an aromatic ring is 1. The first-order valence-electron chi connectivity index (χ1n) is 6.45. The Hall–Kier alpha value is 1.82. The van der Waals surface area contributed by atoms with Gasteiger partial charge in [-0.15, -0.1) is 0 Å². The minimum Gasteiger partial charge on any atom is -0.790 e. The van der Waals surface area contributed by atoms with E-state index in [9.17, 15) is 38.8 Å². The van der Waals surface area contributed by atoms with Crippen molar-refractivity contribution < 1.29 is 136 Å². The second-order valence-electron chi connectivity index (χ2n) is 4.86. The van der Waals surface area contributed by atoms with Crippen LogP contribution in [-0.4, -0.2) is 44.7 Å². The monoisotopic (exact) mass is 469 g/mol. The molecule has 5 atom stereocenters. The smallest absolute Gasteiger partial charge is 0.790 e. The maximum atomic E-state index is 11.7. The first kappa shape index (κ1) is 32.0. The van der Waals surface area contributed by atoms with Gasteiger partial charge < -0.3 is 44.5 Å². The summed E-state index contributed by atoms with van der Waals surface area (Å²) in [6.07, 6.45) is -5.19. The largest absolute Gasteiger partial charge is 1.00 e. The molecule has 142 valence electrons. The van der Waals surface area contributed by atoms with Crippen molar-refractivity contribution in [2.75, 3.05) is 12.3 Å². The molecule has 1 fully saturated rings. The Morgan fingerprint density at radius 3 is 2.29 bits per heavy atom. The Kier molecular flexibility index (Phi) is 14.6. The molecule has 1 saturated heterocycles. The molecule has 1 aliphatic rings. The van der Waals surface area contributed by atoms with Crippen LogP contribution in [0, 0.1) is 0 Å². The summed E-state index contributed by atoms with van der Waals surface area (Å²) < 4.78 is 34.7. The molecular formula is C9H12N3Na3O11P2. The van der Waals surface area contributed by atoms with Crippen molar-refractivity contribution in [1.82, 2.24) is 9.55 Å². The Balaban J connectivity index is 0. The van der Waals surface area contributed by atoms with Crippen molar-refractivity contribution in [2.45, 2.75) is 24.5 Å². The van der Waals surface area contributed by atoms with Gasteiger partial charge in [-0.25, -0.2) is 4.79 Å². The Labute approximate surface area is 224 Å². The Morgan fingerprint density at radius 2 is 1.79 bits per heavy atom. The fourth-order valence-electron chi connectivity index (χ4n) is 2.03. The third-order valence-corrected chi connectivity index (χ3v) is 5.13. The zero-order chi connectivity index (χ0) is 19.0. The predicted octanol–water partition coefficient (Wildman–Crippen LogP) is -13.2. The number of nitrogens with two attached hydrogens (primary N) is 1. The van der Waals surface area contributed by atoms with E-state index in [2.05, 4.69) is 13.8 Å². The summed E-state index contributed by atoms with van der Waals surface area (Å²) in [5.41, 5.74) is 4.40. The van der Waals surface area contributed by atoms with Gasteiger partial charge in [-0.05, 0) is 6.07 Å². The topological polar surface area (TPSA) is 232 Å². The van der Waals surface area contributed by atoms with Crippen LogP contribution in [0.25, 0.3) is 0 Å². The molecule has 28 heavy (non-hydrogen) atoms. The number of hydrogen-bond acceptors (Lipinski definition) is 13. The van der Waals surface area contributed by atoms with Crippen LogP contribution in [0.2, 0.25) is 0 Å². The van der Waals surface area contributed by atoms with E-state index in [0.29, 0.717) is 0 Å². The summed E-state index contributed by atoms with van der Waals surface area (Å²) in [7, 11) is -11.4. The van der Waals surface area contributed by atoms with Gasteiger partial charge in [0.2, 0.25) is 0 Å². The maximum Gasteiger partial charge on any atom is 1.00 e. The number of phosphoric ester groups is 1. The van der Waals surface area contributed by atoms with Gasteiger partial charge >= 0.3 is 94.4 Å². The summed E-state index contributed by atoms with van der Waals surface area (Å²) in [6.45, 7) is -0.993. The van der Waals surface area contributed by atoms with Crippen LogP contribution in [-0.2, 0) is 22.7 Å². The molecule has 0 bridgehead atoms. The molecule has 2 unspecified atom stereocenters. The number of aliphatic hydroxyl groups is 2. The number of aromatic nitrogens is 2. The quantitative estimate of drug-likeness (QED) is 0.260. The first-order valence-corrected chi connectivity index (χ1v) is 9.37. The van der Waals surface area contributed by atoms with Gasteiger partial charge in [-0.3, -0.25) is 13.4 Å². The summed E-state index contributed by atoms with van der Waals surface area (Å²) in [5, 5.41) is 19.8. The molecule has 1 aliphatic heterocycles. The van der Waals surface area contributed by atoms with Crippen LogP contribution >= 0.6 is 15.6 Å². The number of phosphoric acid groups is 2. The minimum atomic E-state index is -5.87. The van der Waals surface area contributed by atoms with Crippen molar-refractivity contribution >= 4 is 21.5 Å². The van der Waals surface area contributed by atoms with Crippen molar-refractivity contribution in [1.29, 1.82) is 0 Å². The molecular weight excluding hydrogens is 457 g/mol. The average molecular weight is 469 g/mol. The minimum absolute atomic E-state index is 0. The van der Waals surface area contributed by atoms with E-state index in [0.717, 1.165) is 10.8 Å². The number of ether oxygens (including phenoxy) is 1. The van der Waals surface area contributed by atoms with Crippen molar-refractivity contribution in [3.8, 4) is 0 Å². The van der Waals surface area contributed by atoms with Gasteiger partial charge in [0.25, 0.3) is 7.82 Å². The molecule has 0 aliphatic carbocycles. The number of aliphatic hydroxyl groups excluding tert-OH is 2. The molecule has 0 amide bonds. The predicted molar refractivity (Wildman–Crippen MR) is 71.1 cm³/mol. The van der Waals surface area contributed by atoms with Crippen LogP contribution in [0.15, 0.2) is 17.1 Å². The summed E-state index contributed by atoms with van der Waals surface area (Å²) in [6, 6.07) is 1.22. The molecule has 4 N–H and O–H groups in total. The number of nitrogens with zero attached hydrogens (tertiary/aromatic N) is 2. The van der Waals surface area contributed by atoms with Crippen LogP contribution in [0.4, 0.5) is 5.82 Å². The molecule has 14 nitrogen and oxygen atoms in total. The van der Waals surface area contributed by atoms with Gasteiger partial charge in [0.15, 0.2) is 6.23 Å². The van der Waals surface area contributed by atoms with Crippen molar-refractivity contribution in [3.05, 3.63) is 22.7 Å². The van der Waals surface area contributed by atoms with E-state index in [1.807, 2.05) is 0 Å². The van der Waals surface area contributed by atoms with E-state index >= 15 is 0 Å². The second kappa shape index (κ2) is 12.8. The molecule has 0 spiro atoms. The fourth-order valence-corrected chi connectivity index (χ4v) is 3.52. The standard InChI is InChI=1S/C9H15N3O11P2.3Na/c10-5-1-2-12(9(15)11-5)8-7(14)6(13)4(22-8)3-21-25(19,20)23-24(16,17)18;;;/h1-2,4,6-8,13-14H,3H2,(H,19,20)(H2,10,11,15)(H2,16,17,18);;;/q;3*+1/p-3/t4-,6+,7?,8-;;;/m1.../s1. The van der Waals surface area contributed by atoms with E-state index in [4.69, 9.17) is 10.5 Å². The fraction of sp³-hybridized carbons (Fsp3) is 0.556. The molecule has 2 rings (SSSR count). The summed E-state index contributed by atoms with van der Waals surface area (Å²) in [5.74, 6) is -0.0988. The molecule has 1 aromatic rings. The molecule has 0 saturated carbocycles. The van der Waals surface area contributed by atoms with E-state index in [1.165, 1.54) is 6.07 Å². The molecule has 2 heterocycles. The SMILES string of the molecule is Nc1ccn([C@@H]2O[C@H](COP(=O)([O-])OP(=O)([O-])[O-])[C@H](O)C2O)c(=O)n1.[Na+].[Na+].[Na+]. The normalized spacial score (nSPS) is 26.3. The number of anilines is 1. The van der Waals surface area contributed by atoms with E-state index in [1.54, 1.807) is 0 Å². The van der Waals surface area contributed by atoms with Crippen molar-refractivity contribution in [2.24, 2.45) is 0 Å². The first-order chi connectivity index (χ1) is 11.4. The molecule has 0 radical (unpaired) electrons. The van der Waals surface area contributed by atoms with Crippen LogP contribution < -0.4 is 115 Å². The van der Waals surface area contributed by atoms with E-state index < -0.39 is 52.5 Å². The summed E-state index contributed by atoms with van der Waals surface area (Å²) in [4.78, 5) is 46.8. The number of hydrogen-bond donors (Lipinski definition) is 3. The Morgan fingerprint density at radius 1 is 1.21 bits per heavy atom. The number of rotatable bonds is 6. The van der Waals surface area contributed by atoms with Gasteiger partial charge in [-0.1, -0.05) is 0 Å². The maximum absolute atomic E-state index is 11.7. The zero-order valence-corrected chi connectivity index (χ0v) is 22.9. The van der Waals surface area contributed by atoms with Gasteiger partial charge in [0.1, 0.15) is 24.1 Å². The van der Waals surface area contributed by atoms with Crippen LogP contribution in [0.1, 0.15) is 6.23 Å². The van der Waals surface area contributed by atoms with Gasteiger partial charge in [0, 0.05) is 6.20 Å². The zero-order valence-electron chi connectivity index (χ0n) is 15.1. The third kappa shape index (κ3) is 9.13. The molecule has 19 heteroatoms. The van der Waals surface area contributed by atoms with Crippen LogP contribution in [0.5, 0.6) is 0 Å².